The fraction of sp³-hybridized carbons (Fsp3) is 0.833. The maximum atomic E-state index is 4.76. The molecule has 0 radical (unpaired) electrons. The highest BCUT2D eigenvalue weighted by Gasteiger charge is 1.68. The first kappa shape index (κ1) is 29.2. The molecule has 0 saturated carbocycles. The highest BCUT2D eigenvalue weighted by molar-refractivity contribution is 6.25. The van der Waals surface area contributed by atoms with E-state index in [-0.39, 0.29) is 14.9 Å². The van der Waals surface area contributed by atoms with Gasteiger partial charge in [0.2, 0.25) is 0 Å². The van der Waals surface area contributed by atoms with Crippen LogP contribution in [0.1, 0.15) is 68.2 Å². The average Bonchev–Trinajstić information content (AvgIpc) is 1.92. The Morgan fingerprint density at radius 1 is 1.00 bits per heavy atom. The van der Waals surface area contributed by atoms with Crippen LogP contribution in [0.2, 0.25) is 0 Å². The van der Waals surface area contributed by atoms with Gasteiger partial charge >= 0.3 is 0 Å². The molecule has 0 atom stereocenters. The third-order valence-corrected chi connectivity index (χ3v) is 0.707. The van der Waals surface area contributed by atoms with Gasteiger partial charge in [0.1, 0.15) is 0 Å². The zero-order valence-corrected chi connectivity index (χ0v) is 9.25. The maximum Gasteiger partial charge on any atom is -0.00296 e. The van der Waals surface area contributed by atoms with Gasteiger partial charge in [-0.05, 0) is 5.54 Å². The van der Waals surface area contributed by atoms with Gasteiger partial charge in [-0.2, -0.15) is 0 Å². The molecule has 0 fully saturated rings. The number of hydrogen-bond acceptors (Lipinski definition) is 0. The molecule has 0 bridgehead atoms. The summed E-state index contributed by atoms with van der Waals surface area (Å²) in [7, 11) is 0. The second-order valence-corrected chi connectivity index (χ2v) is 2.52. The molecule has 0 saturated heterocycles. The van der Waals surface area contributed by atoms with E-state index in [1.54, 1.807) is 0 Å². The predicted molar refractivity (Wildman–Crippen MR) is 70.7 cm³/mol. The molecule has 0 aliphatic carbocycles. The molecule has 0 unspecified atom stereocenters. The summed E-state index contributed by atoms with van der Waals surface area (Å²) >= 11 is 4.76. The summed E-state index contributed by atoms with van der Waals surface area (Å²) in [5.74, 6) is 0. The third-order valence-electron chi connectivity index (χ3n) is 0.707. The molecule has 0 aromatic heterocycles. The predicted octanol–water partition coefficient (Wildman–Crippen LogP) is 6.25. The van der Waals surface area contributed by atoms with Gasteiger partial charge < -0.3 is 0 Å². The average molecular weight is 211 g/mol. The highest BCUT2D eigenvalue weighted by Crippen LogP contribution is 1.88. The summed E-state index contributed by atoms with van der Waals surface area (Å²) in [5, 5.41) is 0. The molecule has 0 N–H and O–H groups in total. The SMILES string of the molecule is C.C.C=CCl.CCC.CCCCC. The molecule has 0 spiro atoms. The van der Waals surface area contributed by atoms with Crippen LogP contribution in [0.3, 0.4) is 0 Å². The lowest BCUT2D eigenvalue weighted by Crippen LogP contribution is -1.59. The largest absolute Gasteiger partial charge is 0.0936 e. The van der Waals surface area contributed by atoms with E-state index in [9.17, 15) is 0 Å². The van der Waals surface area contributed by atoms with Crippen molar-refractivity contribution >= 4 is 11.6 Å². The summed E-state index contributed by atoms with van der Waals surface area (Å²) in [6.45, 7) is 11.8. The lowest BCUT2D eigenvalue weighted by Gasteiger charge is -1.79. The summed E-state index contributed by atoms with van der Waals surface area (Å²) in [6.07, 6.45) is 5.33. The van der Waals surface area contributed by atoms with Crippen molar-refractivity contribution < 1.29 is 0 Å². The molecular formula is C12H31Cl. The zero-order valence-electron chi connectivity index (χ0n) is 8.49. The van der Waals surface area contributed by atoms with E-state index in [2.05, 4.69) is 34.3 Å². The summed E-state index contributed by atoms with van der Waals surface area (Å²) in [5.41, 5.74) is 1.22. The molecule has 0 heterocycles. The fourth-order valence-corrected chi connectivity index (χ4v) is 0.354. The van der Waals surface area contributed by atoms with Crippen LogP contribution >= 0.6 is 11.6 Å². The Hall–Kier alpha value is 0.0300. The van der Waals surface area contributed by atoms with Crippen LogP contribution in [0.4, 0.5) is 0 Å². The standard InChI is InChI=1S/C5H12.C3H8.C2H3Cl.2CH4/c1-3-5-4-2;1-3-2;1-2-3;;/h3-5H2,1-2H3;3H2,1-2H3;2H,1H2;2*1H4. The number of halogens is 1. The number of rotatable bonds is 2. The maximum absolute atomic E-state index is 4.76. The first-order valence-electron chi connectivity index (χ1n) is 4.45. The van der Waals surface area contributed by atoms with Crippen LogP contribution in [0.5, 0.6) is 0 Å². The van der Waals surface area contributed by atoms with Crippen molar-refractivity contribution in [3.8, 4) is 0 Å². The van der Waals surface area contributed by atoms with Crippen molar-refractivity contribution in [2.24, 2.45) is 0 Å². The Morgan fingerprint density at radius 2 is 1.15 bits per heavy atom. The van der Waals surface area contributed by atoms with E-state index in [0.29, 0.717) is 0 Å². The van der Waals surface area contributed by atoms with Crippen molar-refractivity contribution in [1.82, 2.24) is 0 Å². The third kappa shape index (κ3) is 294. The Morgan fingerprint density at radius 3 is 1.15 bits per heavy atom. The van der Waals surface area contributed by atoms with Gasteiger partial charge in [-0.25, -0.2) is 0 Å². The lowest BCUT2D eigenvalue weighted by atomic mass is 10.3. The van der Waals surface area contributed by atoms with Crippen molar-refractivity contribution in [3.63, 3.8) is 0 Å². The van der Waals surface area contributed by atoms with Crippen LogP contribution in [0, 0.1) is 0 Å². The Labute approximate surface area is 92.4 Å². The van der Waals surface area contributed by atoms with Crippen molar-refractivity contribution in [3.05, 3.63) is 12.1 Å². The first-order chi connectivity index (χ1) is 5.24. The molecular weight excluding hydrogens is 180 g/mol. The van der Waals surface area contributed by atoms with E-state index in [1.165, 1.54) is 31.2 Å². The van der Waals surface area contributed by atoms with Gasteiger partial charge in [-0.15, -0.1) is 0 Å². The van der Waals surface area contributed by atoms with Crippen LogP contribution < -0.4 is 0 Å². The van der Waals surface area contributed by atoms with Crippen molar-refractivity contribution in [2.75, 3.05) is 0 Å². The zero-order chi connectivity index (χ0) is 9.54. The minimum Gasteiger partial charge on any atom is -0.0936 e. The van der Waals surface area contributed by atoms with Crippen LogP contribution in [0.25, 0.3) is 0 Å². The van der Waals surface area contributed by atoms with E-state index in [0.717, 1.165) is 0 Å². The molecule has 13 heavy (non-hydrogen) atoms. The molecule has 1 heteroatoms. The molecule has 0 amide bonds. The second kappa shape index (κ2) is 57.8. The smallest absolute Gasteiger partial charge is 0.00296 e. The van der Waals surface area contributed by atoms with E-state index < -0.39 is 0 Å². The van der Waals surface area contributed by atoms with Crippen LogP contribution in [0.15, 0.2) is 12.1 Å². The fourth-order valence-electron chi connectivity index (χ4n) is 0.354. The van der Waals surface area contributed by atoms with Gasteiger partial charge in [-0.3, -0.25) is 0 Å². The summed E-state index contributed by atoms with van der Waals surface area (Å²) < 4.78 is 0. The summed E-state index contributed by atoms with van der Waals surface area (Å²) in [4.78, 5) is 0. The monoisotopic (exact) mass is 210 g/mol. The second-order valence-electron chi connectivity index (χ2n) is 2.21. The normalized spacial score (nSPS) is 5.62. The molecule has 0 rings (SSSR count). The molecule has 0 aromatic carbocycles. The Bertz CT molecular complexity index is 40.4. The minimum atomic E-state index is 0. The van der Waals surface area contributed by atoms with Gasteiger partial charge in [0, 0.05) is 0 Å². The Balaban J connectivity index is -0.0000000240. The van der Waals surface area contributed by atoms with Gasteiger partial charge in [0.25, 0.3) is 0 Å². The van der Waals surface area contributed by atoms with Crippen molar-refractivity contribution in [2.45, 2.75) is 68.2 Å². The highest BCUT2D eigenvalue weighted by atomic mass is 35.5. The number of hydrogen-bond donors (Lipinski definition) is 0. The number of unbranched alkanes of at least 4 members (excludes halogenated alkanes) is 2. The van der Waals surface area contributed by atoms with Gasteiger partial charge in [-0.1, -0.05) is 86.4 Å². The molecule has 0 aliphatic heterocycles. The van der Waals surface area contributed by atoms with Crippen LogP contribution in [-0.2, 0) is 0 Å². The Kier molecular flexibility index (Phi) is 130. The lowest BCUT2D eigenvalue weighted by molar-refractivity contribution is 0.772. The quantitative estimate of drug-likeness (QED) is 0.505. The molecule has 0 aliphatic rings. The van der Waals surface area contributed by atoms with Gasteiger partial charge in [0.15, 0.2) is 0 Å². The van der Waals surface area contributed by atoms with Crippen LogP contribution in [-0.4, -0.2) is 0 Å². The van der Waals surface area contributed by atoms with E-state index in [4.69, 9.17) is 11.6 Å². The van der Waals surface area contributed by atoms with E-state index >= 15 is 0 Å². The van der Waals surface area contributed by atoms with E-state index in [1.807, 2.05) is 0 Å². The first-order valence-corrected chi connectivity index (χ1v) is 4.89. The topological polar surface area (TPSA) is 0 Å². The molecule has 0 nitrogen and oxygen atoms in total. The molecule has 0 aromatic rings. The molecule has 86 valence electrons. The van der Waals surface area contributed by atoms with Gasteiger partial charge in [0.05, 0.1) is 0 Å². The summed E-state index contributed by atoms with van der Waals surface area (Å²) in [6, 6.07) is 0. The minimum absolute atomic E-state index is 0. The van der Waals surface area contributed by atoms with Crippen molar-refractivity contribution in [1.29, 1.82) is 0 Å².